The van der Waals surface area contributed by atoms with E-state index in [0.717, 1.165) is 18.2 Å². The summed E-state index contributed by atoms with van der Waals surface area (Å²) in [5.41, 5.74) is 0.850. The van der Waals surface area contributed by atoms with Gasteiger partial charge in [-0.3, -0.25) is 4.79 Å². The van der Waals surface area contributed by atoms with Crippen LogP contribution in [0.3, 0.4) is 0 Å². The molecule has 0 bridgehead atoms. The van der Waals surface area contributed by atoms with E-state index in [0.29, 0.717) is 24.6 Å². The highest BCUT2D eigenvalue weighted by atomic mass is 19.1. The monoisotopic (exact) mass is 337 g/mol. The summed E-state index contributed by atoms with van der Waals surface area (Å²) in [4.78, 5) is 12.3. The number of carbonyl (C=O) groups is 1. The topological polar surface area (TPSA) is 65.4 Å². The molecule has 24 heavy (non-hydrogen) atoms. The summed E-state index contributed by atoms with van der Waals surface area (Å²) >= 11 is 0. The van der Waals surface area contributed by atoms with Gasteiger partial charge in [-0.15, -0.1) is 0 Å². The van der Waals surface area contributed by atoms with Gasteiger partial charge in [0.15, 0.2) is 6.10 Å². The summed E-state index contributed by atoms with van der Waals surface area (Å²) in [6.45, 7) is 2.75. The maximum atomic E-state index is 13.8. The molecule has 1 saturated heterocycles. The van der Waals surface area contributed by atoms with Crippen LogP contribution in [0.5, 0.6) is 0 Å². The minimum atomic E-state index is -0.701. The number of rotatable bonds is 4. The smallest absolute Gasteiger partial charge is 0.257 e. The first-order valence-electron chi connectivity index (χ1n) is 7.51. The molecular weight excluding hydrogens is 320 g/mol. The summed E-state index contributed by atoms with van der Waals surface area (Å²) in [6.07, 6.45) is 0.845. The first-order valence-corrected chi connectivity index (χ1v) is 7.51. The van der Waals surface area contributed by atoms with Crippen molar-refractivity contribution in [3.8, 4) is 0 Å². The lowest BCUT2D eigenvalue weighted by molar-refractivity contribution is -0.142. The second-order valence-corrected chi connectivity index (χ2v) is 5.49. The standard InChI is InChI=1S/C16H17F2N3O3/c1-10-7-19-21(8-11-6-12(17)2-3-13(11)18)15(10)20-16(22)14-9-23-4-5-24-14/h2-3,6-7,14H,4-5,8-9H2,1H3,(H,20,22)/t14-/m0/s1. The van der Waals surface area contributed by atoms with Crippen LogP contribution in [-0.4, -0.2) is 41.6 Å². The maximum Gasteiger partial charge on any atom is 0.257 e. The zero-order valence-corrected chi connectivity index (χ0v) is 13.1. The minimum Gasteiger partial charge on any atom is -0.376 e. The number of halogens is 2. The van der Waals surface area contributed by atoms with Crippen LogP contribution in [0.1, 0.15) is 11.1 Å². The van der Waals surface area contributed by atoms with Crippen LogP contribution in [0, 0.1) is 18.6 Å². The molecular formula is C16H17F2N3O3. The van der Waals surface area contributed by atoms with Gasteiger partial charge in [-0.2, -0.15) is 5.10 Å². The number of carbonyl (C=O) groups excluding carboxylic acids is 1. The van der Waals surface area contributed by atoms with Gasteiger partial charge in [0.2, 0.25) is 0 Å². The summed E-state index contributed by atoms with van der Waals surface area (Å²) in [5, 5.41) is 6.84. The molecule has 6 nitrogen and oxygen atoms in total. The number of amides is 1. The van der Waals surface area contributed by atoms with Crippen molar-refractivity contribution in [1.29, 1.82) is 0 Å². The van der Waals surface area contributed by atoms with Crippen molar-refractivity contribution < 1.29 is 23.0 Å². The largest absolute Gasteiger partial charge is 0.376 e. The summed E-state index contributed by atoms with van der Waals surface area (Å²) in [6, 6.07) is 3.22. The van der Waals surface area contributed by atoms with Gasteiger partial charge in [-0.05, 0) is 25.1 Å². The predicted molar refractivity (Wildman–Crippen MR) is 81.6 cm³/mol. The number of nitrogens with zero attached hydrogens (tertiary/aromatic N) is 2. The Morgan fingerprint density at radius 1 is 1.42 bits per heavy atom. The predicted octanol–water partition coefficient (Wildman–Crippen LogP) is 1.87. The lowest BCUT2D eigenvalue weighted by Gasteiger charge is -2.22. The fraction of sp³-hybridized carbons (Fsp3) is 0.375. The van der Waals surface area contributed by atoms with E-state index < -0.39 is 17.7 Å². The average molecular weight is 337 g/mol. The molecule has 3 rings (SSSR count). The zero-order valence-electron chi connectivity index (χ0n) is 13.1. The molecule has 1 N–H and O–H groups in total. The number of aromatic nitrogens is 2. The van der Waals surface area contributed by atoms with E-state index in [-0.39, 0.29) is 24.6 Å². The minimum absolute atomic E-state index is 0.00489. The maximum absolute atomic E-state index is 13.8. The third kappa shape index (κ3) is 3.60. The van der Waals surface area contributed by atoms with E-state index in [1.807, 2.05) is 0 Å². The molecule has 1 aromatic carbocycles. The summed E-state index contributed by atoms with van der Waals surface area (Å²) < 4.78 is 39.1. The van der Waals surface area contributed by atoms with Crippen LogP contribution in [-0.2, 0) is 20.8 Å². The van der Waals surface area contributed by atoms with Crippen molar-refractivity contribution in [3.63, 3.8) is 0 Å². The molecule has 2 aromatic rings. The van der Waals surface area contributed by atoms with Gasteiger partial charge in [0.25, 0.3) is 5.91 Å². The molecule has 2 heterocycles. The number of aryl methyl sites for hydroxylation is 1. The zero-order chi connectivity index (χ0) is 17.1. The van der Waals surface area contributed by atoms with Gasteiger partial charge in [0.05, 0.1) is 32.6 Å². The van der Waals surface area contributed by atoms with Gasteiger partial charge in [-0.1, -0.05) is 0 Å². The summed E-state index contributed by atoms with van der Waals surface area (Å²) in [7, 11) is 0. The molecule has 0 aliphatic carbocycles. The summed E-state index contributed by atoms with van der Waals surface area (Å²) in [5.74, 6) is -1.02. The van der Waals surface area contributed by atoms with E-state index in [9.17, 15) is 13.6 Å². The van der Waals surface area contributed by atoms with Crippen molar-refractivity contribution in [3.05, 3.63) is 47.2 Å². The van der Waals surface area contributed by atoms with E-state index in [2.05, 4.69) is 10.4 Å². The lowest BCUT2D eigenvalue weighted by Crippen LogP contribution is -2.39. The van der Waals surface area contributed by atoms with Crippen LogP contribution in [0.4, 0.5) is 14.6 Å². The van der Waals surface area contributed by atoms with Crippen molar-refractivity contribution in [2.45, 2.75) is 19.6 Å². The van der Waals surface area contributed by atoms with Gasteiger partial charge in [0, 0.05) is 11.1 Å². The van der Waals surface area contributed by atoms with Crippen molar-refractivity contribution in [2.75, 3.05) is 25.1 Å². The van der Waals surface area contributed by atoms with Gasteiger partial charge in [0.1, 0.15) is 17.5 Å². The van der Waals surface area contributed by atoms with Crippen molar-refractivity contribution in [2.24, 2.45) is 0 Å². The molecule has 8 heteroatoms. The van der Waals surface area contributed by atoms with Crippen LogP contribution >= 0.6 is 0 Å². The number of benzene rings is 1. The van der Waals surface area contributed by atoms with E-state index >= 15 is 0 Å². The average Bonchev–Trinajstić information content (AvgIpc) is 2.92. The highest BCUT2D eigenvalue weighted by molar-refractivity contribution is 5.94. The Kier molecular flexibility index (Phi) is 4.86. The molecule has 128 valence electrons. The number of hydrogen-bond acceptors (Lipinski definition) is 4. The first-order chi connectivity index (χ1) is 11.5. The van der Waals surface area contributed by atoms with E-state index in [1.165, 1.54) is 4.68 Å². The Labute approximate surface area is 137 Å². The fourth-order valence-electron chi connectivity index (χ4n) is 2.42. The highest BCUT2D eigenvalue weighted by Gasteiger charge is 2.24. The number of hydrogen-bond donors (Lipinski definition) is 1. The second kappa shape index (κ2) is 7.06. The molecule has 1 fully saturated rings. The Balaban J connectivity index is 1.78. The molecule has 0 unspecified atom stereocenters. The van der Waals surface area contributed by atoms with Crippen LogP contribution in [0.2, 0.25) is 0 Å². The number of nitrogens with one attached hydrogen (secondary N) is 1. The Morgan fingerprint density at radius 3 is 3.00 bits per heavy atom. The molecule has 0 radical (unpaired) electrons. The Hall–Kier alpha value is -2.32. The Bertz CT molecular complexity index is 742. The Morgan fingerprint density at radius 2 is 2.25 bits per heavy atom. The van der Waals surface area contributed by atoms with Crippen LogP contribution in [0.15, 0.2) is 24.4 Å². The third-order valence-corrected chi connectivity index (χ3v) is 3.70. The highest BCUT2D eigenvalue weighted by Crippen LogP contribution is 2.19. The molecule has 1 amide bonds. The molecule has 1 aliphatic heterocycles. The SMILES string of the molecule is Cc1cnn(Cc2cc(F)ccc2F)c1NC(=O)[C@@H]1COCCO1. The molecule has 0 spiro atoms. The van der Waals surface area contributed by atoms with Crippen molar-refractivity contribution >= 4 is 11.7 Å². The number of ether oxygens (including phenoxy) is 2. The van der Waals surface area contributed by atoms with Crippen LogP contribution < -0.4 is 5.32 Å². The lowest BCUT2D eigenvalue weighted by atomic mass is 10.2. The quantitative estimate of drug-likeness (QED) is 0.925. The van der Waals surface area contributed by atoms with Crippen LogP contribution in [0.25, 0.3) is 0 Å². The molecule has 1 aliphatic rings. The van der Waals surface area contributed by atoms with E-state index in [1.54, 1.807) is 13.1 Å². The molecule has 1 atom stereocenters. The normalized spacial score (nSPS) is 17.7. The van der Waals surface area contributed by atoms with Gasteiger partial charge in [-0.25, -0.2) is 13.5 Å². The first kappa shape index (κ1) is 16.5. The second-order valence-electron chi connectivity index (χ2n) is 5.49. The third-order valence-electron chi connectivity index (χ3n) is 3.70. The molecule has 1 aromatic heterocycles. The number of anilines is 1. The van der Waals surface area contributed by atoms with Crippen molar-refractivity contribution in [1.82, 2.24) is 9.78 Å². The molecule has 0 saturated carbocycles. The van der Waals surface area contributed by atoms with Gasteiger partial charge >= 0.3 is 0 Å². The van der Waals surface area contributed by atoms with Gasteiger partial charge < -0.3 is 14.8 Å². The van der Waals surface area contributed by atoms with E-state index in [4.69, 9.17) is 9.47 Å². The fourth-order valence-corrected chi connectivity index (χ4v) is 2.42.